The molecule has 0 aromatic carbocycles. The van der Waals surface area contributed by atoms with E-state index in [9.17, 15) is 0 Å². The molecule has 1 heteroatoms. The van der Waals surface area contributed by atoms with Crippen molar-refractivity contribution in [1.29, 1.82) is 0 Å². The van der Waals surface area contributed by atoms with Crippen LogP contribution in [0.4, 0.5) is 0 Å². The first kappa shape index (κ1) is 11.6. The summed E-state index contributed by atoms with van der Waals surface area (Å²) in [6, 6.07) is 0.250. The van der Waals surface area contributed by atoms with Crippen LogP contribution < -0.4 is 5.32 Å². The van der Waals surface area contributed by atoms with Crippen molar-refractivity contribution in [3.8, 4) is 12.3 Å². The fourth-order valence-corrected chi connectivity index (χ4v) is 2.65. The average Bonchev–Trinajstić information content (AvgIpc) is 2.48. The quantitative estimate of drug-likeness (QED) is 0.677. The van der Waals surface area contributed by atoms with Crippen LogP contribution in [0.15, 0.2) is 0 Å². The summed E-state index contributed by atoms with van der Waals surface area (Å²) in [4.78, 5) is 0. The van der Waals surface area contributed by atoms with Gasteiger partial charge < -0.3 is 5.32 Å². The summed E-state index contributed by atoms with van der Waals surface area (Å²) >= 11 is 0. The molecule has 1 atom stereocenters. The lowest BCUT2D eigenvalue weighted by molar-refractivity contribution is 0.457. The number of hydrogen-bond acceptors (Lipinski definition) is 1. The van der Waals surface area contributed by atoms with E-state index in [4.69, 9.17) is 6.42 Å². The summed E-state index contributed by atoms with van der Waals surface area (Å²) in [5.74, 6) is 3.52. The minimum atomic E-state index is 0.250. The van der Waals surface area contributed by atoms with Crippen molar-refractivity contribution in [1.82, 2.24) is 5.32 Å². The highest BCUT2D eigenvalue weighted by Crippen LogP contribution is 2.69. The van der Waals surface area contributed by atoms with Gasteiger partial charge in [0.15, 0.2) is 0 Å². The highest BCUT2D eigenvalue weighted by atomic mass is 15.0. The third kappa shape index (κ3) is 1.57. The number of rotatable bonds is 4. The Morgan fingerprint density at radius 1 is 1.29 bits per heavy atom. The van der Waals surface area contributed by atoms with Gasteiger partial charge in [-0.05, 0) is 29.7 Å². The number of nitrogens with one attached hydrogen (secondary N) is 1. The molecule has 0 amide bonds. The van der Waals surface area contributed by atoms with E-state index in [0.29, 0.717) is 16.7 Å². The molecule has 1 nitrogen and oxygen atoms in total. The van der Waals surface area contributed by atoms with Gasteiger partial charge in [0.05, 0.1) is 6.04 Å². The van der Waals surface area contributed by atoms with Crippen molar-refractivity contribution in [2.45, 2.75) is 47.1 Å². The van der Waals surface area contributed by atoms with Crippen LogP contribution in [-0.4, -0.2) is 12.6 Å². The van der Waals surface area contributed by atoms with Crippen molar-refractivity contribution in [2.75, 3.05) is 6.54 Å². The SMILES string of the molecule is C#CC(NCCC)C1C(C)(C)C1(C)C. The molecule has 0 radical (unpaired) electrons. The van der Waals surface area contributed by atoms with E-state index in [1.54, 1.807) is 0 Å². The number of hydrogen-bond donors (Lipinski definition) is 1. The smallest absolute Gasteiger partial charge is 0.0726 e. The molecule has 0 aromatic rings. The molecule has 1 aliphatic rings. The summed E-state index contributed by atoms with van der Waals surface area (Å²) < 4.78 is 0. The van der Waals surface area contributed by atoms with Gasteiger partial charge in [-0.15, -0.1) is 6.42 Å². The molecule has 1 saturated carbocycles. The van der Waals surface area contributed by atoms with Crippen molar-refractivity contribution >= 4 is 0 Å². The normalized spacial score (nSPS) is 25.4. The fraction of sp³-hybridized carbons (Fsp3) is 0.846. The molecule has 0 bridgehead atoms. The molecule has 1 fully saturated rings. The Bertz CT molecular complexity index is 230. The summed E-state index contributed by atoms with van der Waals surface area (Å²) in [5.41, 5.74) is 0.759. The topological polar surface area (TPSA) is 12.0 Å². The molecular weight excluding hydrogens is 170 g/mol. The molecule has 80 valence electrons. The second-order valence-electron chi connectivity index (χ2n) is 5.52. The molecule has 1 unspecified atom stereocenters. The standard InChI is InChI=1S/C13H23N/c1-7-9-14-10(8-2)11-12(3,4)13(11,5)6/h2,10-11,14H,7,9H2,1,3-6H3. The van der Waals surface area contributed by atoms with E-state index in [1.807, 2.05) is 0 Å². The predicted molar refractivity (Wildman–Crippen MR) is 62.0 cm³/mol. The monoisotopic (exact) mass is 193 g/mol. The van der Waals surface area contributed by atoms with E-state index in [-0.39, 0.29) is 6.04 Å². The Labute approximate surface area is 88.7 Å². The third-order valence-corrected chi connectivity index (χ3v) is 4.26. The van der Waals surface area contributed by atoms with Gasteiger partial charge in [-0.2, -0.15) is 0 Å². The molecule has 14 heavy (non-hydrogen) atoms. The maximum Gasteiger partial charge on any atom is 0.0726 e. The second kappa shape index (κ2) is 3.59. The first-order chi connectivity index (χ1) is 6.39. The third-order valence-electron chi connectivity index (χ3n) is 4.26. The zero-order valence-electron chi connectivity index (χ0n) is 10.1. The van der Waals surface area contributed by atoms with Crippen LogP contribution in [0.3, 0.4) is 0 Å². The van der Waals surface area contributed by atoms with Crippen molar-refractivity contribution in [3.63, 3.8) is 0 Å². The first-order valence-corrected chi connectivity index (χ1v) is 5.59. The molecule has 0 heterocycles. The molecule has 0 spiro atoms. The van der Waals surface area contributed by atoms with E-state index >= 15 is 0 Å². The van der Waals surface area contributed by atoms with Crippen LogP contribution in [0.25, 0.3) is 0 Å². The van der Waals surface area contributed by atoms with Crippen LogP contribution in [0.2, 0.25) is 0 Å². The largest absolute Gasteiger partial charge is 0.303 e. The van der Waals surface area contributed by atoms with Gasteiger partial charge in [-0.25, -0.2) is 0 Å². The lowest BCUT2D eigenvalue weighted by Gasteiger charge is -2.14. The zero-order chi connectivity index (χ0) is 11.0. The second-order valence-corrected chi connectivity index (χ2v) is 5.52. The maximum atomic E-state index is 5.58. The maximum absolute atomic E-state index is 5.58. The zero-order valence-corrected chi connectivity index (χ0v) is 10.1. The highest BCUT2D eigenvalue weighted by Gasteiger charge is 2.66. The van der Waals surface area contributed by atoms with E-state index in [2.05, 4.69) is 45.9 Å². The van der Waals surface area contributed by atoms with Crippen LogP contribution in [0.5, 0.6) is 0 Å². The van der Waals surface area contributed by atoms with Gasteiger partial charge in [-0.1, -0.05) is 40.5 Å². The summed E-state index contributed by atoms with van der Waals surface area (Å²) in [6.07, 6.45) is 6.73. The van der Waals surface area contributed by atoms with Crippen LogP contribution in [0, 0.1) is 29.1 Å². The van der Waals surface area contributed by atoms with Crippen molar-refractivity contribution in [2.24, 2.45) is 16.7 Å². The molecule has 1 rings (SSSR count). The average molecular weight is 193 g/mol. The summed E-state index contributed by atoms with van der Waals surface area (Å²) in [7, 11) is 0. The van der Waals surface area contributed by atoms with E-state index in [1.165, 1.54) is 0 Å². The lowest BCUT2D eigenvalue weighted by atomic mass is 10.0. The van der Waals surface area contributed by atoms with Crippen molar-refractivity contribution in [3.05, 3.63) is 0 Å². The Kier molecular flexibility index (Phi) is 2.97. The first-order valence-electron chi connectivity index (χ1n) is 5.59. The van der Waals surface area contributed by atoms with Crippen molar-refractivity contribution < 1.29 is 0 Å². The minimum absolute atomic E-state index is 0.250. The Balaban J connectivity index is 2.62. The molecule has 0 aliphatic heterocycles. The van der Waals surface area contributed by atoms with Gasteiger partial charge in [-0.3, -0.25) is 0 Å². The molecule has 1 aliphatic carbocycles. The van der Waals surface area contributed by atoms with Gasteiger partial charge >= 0.3 is 0 Å². The summed E-state index contributed by atoms with van der Waals surface area (Å²) in [6.45, 7) is 12.5. The van der Waals surface area contributed by atoms with Crippen LogP contribution in [-0.2, 0) is 0 Å². The molecule has 0 saturated heterocycles. The molecule has 0 aromatic heterocycles. The Hall–Kier alpha value is -0.480. The van der Waals surface area contributed by atoms with Gasteiger partial charge in [0.25, 0.3) is 0 Å². The highest BCUT2D eigenvalue weighted by molar-refractivity contribution is 5.22. The van der Waals surface area contributed by atoms with Gasteiger partial charge in [0, 0.05) is 0 Å². The predicted octanol–water partition coefficient (Wildman–Crippen LogP) is 2.67. The lowest BCUT2D eigenvalue weighted by Crippen LogP contribution is -2.32. The minimum Gasteiger partial charge on any atom is -0.303 e. The molecule has 1 N–H and O–H groups in total. The summed E-state index contributed by atoms with van der Waals surface area (Å²) in [5, 5.41) is 3.46. The Morgan fingerprint density at radius 2 is 1.79 bits per heavy atom. The number of terminal acetylenes is 1. The Morgan fingerprint density at radius 3 is 2.07 bits per heavy atom. The van der Waals surface area contributed by atoms with Crippen LogP contribution >= 0.6 is 0 Å². The fourth-order valence-electron chi connectivity index (χ4n) is 2.65. The van der Waals surface area contributed by atoms with Crippen LogP contribution in [0.1, 0.15) is 41.0 Å². The van der Waals surface area contributed by atoms with E-state index < -0.39 is 0 Å². The van der Waals surface area contributed by atoms with Gasteiger partial charge in [0.1, 0.15) is 0 Å². The van der Waals surface area contributed by atoms with E-state index in [0.717, 1.165) is 13.0 Å². The molecular formula is C13H23N. The van der Waals surface area contributed by atoms with Gasteiger partial charge in [0.2, 0.25) is 0 Å².